The largest absolute Gasteiger partial charge is 0.462 e. The molecule has 0 unspecified atom stereocenters. The highest BCUT2D eigenvalue weighted by molar-refractivity contribution is 5.76. The number of nitrogens with zero attached hydrogens (tertiary/aromatic N) is 1. The van der Waals surface area contributed by atoms with Gasteiger partial charge in [0.05, 0.1) is 0 Å². The van der Waals surface area contributed by atoms with Crippen LogP contribution in [0.15, 0.2) is 30.3 Å². The molecule has 106 valence electrons. The average Bonchev–Trinajstić information content (AvgIpc) is 2.29. The normalized spacial score (nSPS) is 13.2. The van der Waals surface area contributed by atoms with E-state index in [0.717, 1.165) is 24.3 Å². The average molecular weight is 289 g/mol. The number of anilines is 1. The van der Waals surface area contributed by atoms with E-state index in [1.54, 1.807) is 0 Å². The third-order valence-corrected chi connectivity index (χ3v) is 2.18. The molecule has 9 heteroatoms. The number of hydrogen-bond acceptors (Lipinski definition) is 1. The molecule has 0 atom stereocenters. The first-order chi connectivity index (χ1) is 8.55. The first-order valence-corrected chi connectivity index (χ1v) is 4.67. The van der Waals surface area contributed by atoms with E-state index in [-0.39, 0.29) is 0 Å². The van der Waals surface area contributed by atoms with E-state index in [1.165, 1.54) is 6.07 Å². The second-order valence-electron chi connectivity index (χ2n) is 3.42. The maximum absolute atomic E-state index is 13.3. The van der Waals surface area contributed by atoms with Crippen molar-refractivity contribution in [2.24, 2.45) is 0 Å². The molecule has 0 N–H and O–H groups in total. The Kier molecular flexibility index (Phi) is 3.78. The van der Waals surface area contributed by atoms with Gasteiger partial charge in [-0.05, 0) is 12.1 Å². The van der Waals surface area contributed by atoms with Crippen LogP contribution in [0.25, 0.3) is 0 Å². The number of benzene rings is 1. The van der Waals surface area contributed by atoms with E-state index in [2.05, 4.69) is 0 Å². The summed E-state index contributed by atoms with van der Waals surface area (Å²) >= 11 is 0. The van der Waals surface area contributed by atoms with E-state index in [9.17, 15) is 35.5 Å². The molecule has 0 aromatic heterocycles. The predicted octanol–water partition coefficient (Wildman–Crippen LogP) is 3.44. The van der Waals surface area contributed by atoms with Gasteiger partial charge in [-0.3, -0.25) is 4.79 Å². The van der Waals surface area contributed by atoms with Gasteiger partial charge in [-0.2, -0.15) is 30.7 Å². The standard InChI is InChI=1S/C10H6F7NO/c11-8(12,9(13,14)15)10(16,17)18(6-19)7-4-2-1-3-5-7/h1-6H. The molecule has 0 bridgehead atoms. The monoisotopic (exact) mass is 289 g/mol. The van der Waals surface area contributed by atoms with Crippen LogP contribution in [0.4, 0.5) is 36.4 Å². The minimum atomic E-state index is -6.49. The Morgan fingerprint density at radius 2 is 1.37 bits per heavy atom. The number of carbonyl (C=O) groups is 1. The highest BCUT2D eigenvalue weighted by Gasteiger charge is 2.75. The summed E-state index contributed by atoms with van der Waals surface area (Å²) in [6, 6.07) is -0.619. The number of hydrogen-bond donors (Lipinski definition) is 0. The van der Waals surface area contributed by atoms with Gasteiger partial charge in [-0.1, -0.05) is 18.2 Å². The van der Waals surface area contributed by atoms with E-state index < -0.39 is 35.1 Å². The Balaban J connectivity index is 3.28. The van der Waals surface area contributed by atoms with Gasteiger partial charge in [0.25, 0.3) is 0 Å². The van der Waals surface area contributed by atoms with Crippen LogP contribution in [0.1, 0.15) is 0 Å². The summed E-state index contributed by atoms with van der Waals surface area (Å²) in [5.74, 6) is -6.38. The summed E-state index contributed by atoms with van der Waals surface area (Å²) in [5, 5.41) is 0. The molecule has 2 nitrogen and oxygen atoms in total. The van der Waals surface area contributed by atoms with Crippen molar-refractivity contribution in [2.75, 3.05) is 4.90 Å². The lowest BCUT2D eigenvalue weighted by molar-refractivity contribution is -0.352. The Hall–Kier alpha value is -1.80. The molecule has 1 aromatic rings. The van der Waals surface area contributed by atoms with E-state index in [1.807, 2.05) is 0 Å². The van der Waals surface area contributed by atoms with Gasteiger partial charge in [0.2, 0.25) is 6.41 Å². The van der Waals surface area contributed by atoms with Crippen LogP contribution in [0, 0.1) is 0 Å². The Morgan fingerprint density at radius 1 is 0.895 bits per heavy atom. The summed E-state index contributed by atoms with van der Waals surface area (Å²) < 4.78 is 88.0. The van der Waals surface area contributed by atoms with Crippen LogP contribution in [-0.4, -0.2) is 24.6 Å². The van der Waals surface area contributed by atoms with Crippen LogP contribution in [0.5, 0.6) is 0 Å². The fourth-order valence-electron chi connectivity index (χ4n) is 1.20. The van der Waals surface area contributed by atoms with Crippen molar-refractivity contribution in [3.05, 3.63) is 30.3 Å². The molecule has 0 aliphatic carbocycles. The molecule has 0 radical (unpaired) electrons. The molecule has 1 aromatic carbocycles. The maximum atomic E-state index is 13.3. The van der Waals surface area contributed by atoms with Gasteiger partial charge in [0, 0.05) is 5.69 Å². The van der Waals surface area contributed by atoms with Crippen molar-refractivity contribution in [2.45, 2.75) is 18.1 Å². The SMILES string of the molecule is O=CN(c1ccccc1)C(F)(F)C(F)(F)C(F)(F)F. The van der Waals surface area contributed by atoms with Crippen molar-refractivity contribution < 1.29 is 35.5 Å². The summed E-state index contributed by atoms with van der Waals surface area (Å²) in [4.78, 5) is 9.51. The molecule has 1 amide bonds. The van der Waals surface area contributed by atoms with Gasteiger partial charge in [0.15, 0.2) is 0 Å². The van der Waals surface area contributed by atoms with Gasteiger partial charge >= 0.3 is 18.1 Å². The van der Waals surface area contributed by atoms with Gasteiger partial charge in [-0.25, -0.2) is 4.90 Å². The van der Waals surface area contributed by atoms with Crippen molar-refractivity contribution in [1.82, 2.24) is 0 Å². The number of halogens is 7. The molecule has 1 rings (SSSR count). The topological polar surface area (TPSA) is 20.3 Å². The highest BCUT2D eigenvalue weighted by Crippen LogP contribution is 2.48. The summed E-state index contributed by atoms with van der Waals surface area (Å²) in [6.07, 6.45) is -7.28. The Bertz CT molecular complexity index is 443. The molecule has 0 aliphatic heterocycles. The predicted molar refractivity (Wildman–Crippen MR) is 50.9 cm³/mol. The van der Waals surface area contributed by atoms with Gasteiger partial charge in [-0.15, -0.1) is 0 Å². The van der Waals surface area contributed by atoms with E-state index in [4.69, 9.17) is 0 Å². The number of amides is 1. The maximum Gasteiger partial charge on any atom is 0.462 e. The second kappa shape index (κ2) is 4.71. The van der Waals surface area contributed by atoms with Crippen LogP contribution >= 0.6 is 0 Å². The Labute approximate surface area is 102 Å². The molecule has 0 saturated carbocycles. The summed E-state index contributed by atoms with van der Waals surface area (Å²) in [6.45, 7) is 0. The lowest BCUT2D eigenvalue weighted by Crippen LogP contribution is -2.61. The van der Waals surface area contributed by atoms with Crippen LogP contribution < -0.4 is 4.90 Å². The molecule has 0 fully saturated rings. The lowest BCUT2D eigenvalue weighted by Gasteiger charge is -2.34. The first-order valence-electron chi connectivity index (χ1n) is 4.67. The van der Waals surface area contributed by atoms with Crippen molar-refractivity contribution in [1.29, 1.82) is 0 Å². The molecule has 0 heterocycles. The van der Waals surface area contributed by atoms with Crippen LogP contribution in [0.3, 0.4) is 0 Å². The molecule has 0 aliphatic rings. The van der Waals surface area contributed by atoms with Gasteiger partial charge in [0.1, 0.15) is 0 Å². The zero-order valence-corrected chi connectivity index (χ0v) is 8.97. The van der Waals surface area contributed by atoms with Crippen molar-refractivity contribution in [3.63, 3.8) is 0 Å². The first kappa shape index (κ1) is 15.3. The minimum Gasteiger partial charge on any atom is -0.278 e. The highest BCUT2D eigenvalue weighted by atomic mass is 19.4. The zero-order chi connectivity index (χ0) is 14.9. The van der Waals surface area contributed by atoms with Crippen molar-refractivity contribution in [3.8, 4) is 0 Å². The summed E-state index contributed by atoms with van der Waals surface area (Å²) in [7, 11) is 0. The van der Waals surface area contributed by atoms with Crippen LogP contribution in [-0.2, 0) is 4.79 Å². The summed E-state index contributed by atoms with van der Waals surface area (Å²) in [5.41, 5.74) is -0.786. The molecular formula is C10H6F7NO. The minimum absolute atomic E-state index is 0.783. The number of alkyl halides is 7. The second-order valence-corrected chi connectivity index (χ2v) is 3.42. The third-order valence-electron chi connectivity index (χ3n) is 2.18. The quantitative estimate of drug-likeness (QED) is 0.472. The van der Waals surface area contributed by atoms with Gasteiger partial charge < -0.3 is 0 Å². The lowest BCUT2D eigenvalue weighted by atomic mass is 10.2. The molecule has 0 saturated heterocycles. The molecule has 0 spiro atoms. The fourth-order valence-corrected chi connectivity index (χ4v) is 1.20. The fraction of sp³-hybridized carbons (Fsp3) is 0.300. The zero-order valence-electron chi connectivity index (χ0n) is 8.97. The Morgan fingerprint density at radius 3 is 1.74 bits per heavy atom. The third kappa shape index (κ3) is 2.49. The van der Waals surface area contributed by atoms with Crippen LogP contribution in [0.2, 0.25) is 0 Å². The number of carbonyl (C=O) groups excluding carboxylic acids is 1. The van der Waals surface area contributed by atoms with E-state index >= 15 is 0 Å². The van der Waals surface area contributed by atoms with E-state index in [0.29, 0.717) is 0 Å². The molecule has 19 heavy (non-hydrogen) atoms. The smallest absolute Gasteiger partial charge is 0.278 e. The number of para-hydroxylation sites is 1. The number of rotatable bonds is 4. The molecular weight excluding hydrogens is 283 g/mol. The van der Waals surface area contributed by atoms with Crippen molar-refractivity contribution >= 4 is 12.1 Å².